The van der Waals surface area contributed by atoms with Crippen molar-refractivity contribution in [1.29, 1.82) is 0 Å². The highest BCUT2D eigenvalue weighted by atomic mass is 15.1. The topological polar surface area (TPSA) is 3.24 Å². The molecule has 1 aliphatic rings. The molecule has 1 heteroatoms. The number of fused-ring (bicyclic) bond motifs is 9. The van der Waals surface area contributed by atoms with Gasteiger partial charge < -0.3 is 4.90 Å². The van der Waals surface area contributed by atoms with Gasteiger partial charge in [-0.05, 0) is 148 Å². The second-order valence-corrected chi connectivity index (χ2v) is 18.1. The van der Waals surface area contributed by atoms with Crippen LogP contribution in [-0.2, 0) is 5.41 Å². The van der Waals surface area contributed by atoms with E-state index >= 15 is 0 Å². The molecule has 0 N–H and O–H groups in total. The standard InChI is InChI=1S/C66H45N/c1-66(48-23-9-4-10-24-48)62-31-16-15-27-58(62)59-41-38-51(43-63(59)66)67(49-35-32-45(33-36-49)53-29-17-30-54-52-25-12-11-18-44(52)34-39-56(53)54)50-37-40-57-55-26-13-14-28-60(55)64(46-19-5-2-6-20-46)65(61(57)42-50)47-21-7-3-8-22-47/h2-43H,1H3. The zero-order chi connectivity index (χ0) is 44.5. The van der Waals surface area contributed by atoms with Crippen LogP contribution < -0.4 is 4.90 Å². The van der Waals surface area contributed by atoms with Gasteiger partial charge in [0.05, 0.1) is 0 Å². The summed E-state index contributed by atoms with van der Waals surface area (Å²) in [6.07, 6.45) is 0. The second kappa shape index (κ2) is 15.6. The van der Waals surface area contributed by atoms with E-state index in [0.717, 1.165) is 17.1 Å². The third-order valence-electron chi connectivity index (χ3n) is 14.5. The molecule has 0 amide bonds. The van der Waals surface area contributed by atoms with Gasteiger partial charge in [-0.15, -0.1) is 0 Å². The van der Waals surface area contributed by atoms with Crippen molar-refractivity contribution in [3.63, 3.8) is 0 Å². The number of anilines is 3. The lowest BCUT2D eigenvalue weighted by atomic mass is 9.74. The van der Waals surface area contributed by atoms with Crippen molar-refractivity contribution < 1.29 is 0 Å². The average Bonchev–Trinajstić information content (AvgIpc) is 3.66. The molecule has 67 heavy (non-hydrogen) atoms. The SMILES string of the molecule is CC1(c2ccccc2)c2ccccc2-c2ccc(N(c3ccc(-c4cccc5c4ccc4ccccc45)cc3)c3ccc4c(c3)c(-c3ccccc3)c(-c3ccccc3)c3ccccc34)cc21. The van der Waals surface area contributed by atoms with Crippen molar-refractivity contribution in [3.05, 3.63) is 271 Å². The Hall–Kier alpha value is -8.52. The molecule has 1 aliphatic carbocycles. The predicted octanol–water partition coefficient (Wildman–Crippen LogP) is 18.1. The van der Waals surface area contributed by atoms with E-state index in [1.54, 1.807) is 0 Å². The first-order valence-electron chi connectivity index (χ1n) is 23.3. The van der Waals surface area contributed by atoms with Crippen molar-refractivity contribution in [2.24, 2.45) is 0 Å². The molecule has 12 aromatic carbocycles. The minimum Gasteiger partial charge on any atom is -0.310 e. The Balaban J connectivity index is 1.06. The summed E-state index contributed by atoms with van der Waals surface area (Å²) in [7, 11) is 0. The molecule has 0 saturated heterocycles. The van der Waals surface area contributed by atoms with E-state index in [4.69, 9.17) is 0 Å². The van der Waals surface area contributed by atoms with Gasteiger partial charge in [0.15, 0.2) is 0 Å². The number of hydrogen-bond acceptors (Lipinski definition) is 1. The highest BCUT2D eigenvalue weighted by Gasteiger charge is 2.41. The largest absolute Gasteiger partial charge is 0.310 e. The van der Waals surface area contributed by atoms with Crippen LogP contribution in [0.2, 0.25) is 0 Å². The lowest BCUT2D eigenvalue weighted by molar-refractivity contribution is 0.714. The number of nitrogens with zero attached hydrogens (tertiary/aromatic N) is 1. The summed E-state index contributed by atoms with van der Waals surface area (Å²) in [5.74, 6) is 0. The van der Waals surface area contributed by atoms with Gasteiger partial charge in [-0.3, -0.25) is 0 Å². The molecular weight excluding hydrogens is 807 g/mol. The Morgan fingerprint density at radius 2 is 0.791 bits per heavy atom. The Bertz CT molecular complexity index is 3850. The first-order valence-corrected chi connectivity index (χ1v) is 23.3. The molecule has 0 aromatic heterocycles. The summed E-state index contributed by atoms with van der Waals surface area (Å²) in [4.78, 5) is 2.47. The molecule has 0 radical (unpaired) electrons. The van der Waals surface area contributed by atoms with Gasteiger partial charge in [0.2, 0.25) is 0 Å². The molecule has 0 fully saturated rings. The molecule has 0 aliphatic heterocycles. The van der Waals surface area contributed by atoms with Crippen LogP contribution >= 0.6 is 0 Å². The van der Waals surface area contributed by atoms with Crippen molar-refractivity contribution in [2.75, 3.05) is 4.90 Å². The number of rotatable bonds is 7. The highest BCUT2D eigenvalue weighted by molar-refractivity contribution is 6.22. The maximum Gasteiger partial charge on any atom is 0.0468 e. The summed E-state index contributed by atoms with van der Waals surface area (Å²) >= 11 is 0. The maximum atomic E-state index is 2.47. The van der Waals surface area contributed by atoms with Gasteiger partial charge in [0.1, 0.15) is 0 Å². The van der Waals surface area contributed by atoms with Crippen LogP contribution in [0.1, 0.15) is 23.6 Å². The molecule has 314 valence electrons. The fourth-order valence-corrected chi connectivity index (χ4v) is 11.4. The van der Waals surface area contributed by atoms with E-state index in [1.165, 1.54) is 104 Å². The summed E-state index contributed by atoms with van der Waals surface area (Å²) in [6.45, 7) is 2.40. The minimum atomic E-state index is -0.343. The number of hydrogen-bond donors (Lipinski definition) is 0. The monoisotopic (exact) mass is 851 g/mol. The van der Waals surface area contributed by atoms with Crippen molar-refractivity contribution in [3.8, 4) is 44.5 Å². The van der Waals surface area contributed by atoms with Gasteiger partial charge in [-0.25, -0.2) is 0 Å². The average molecular weight is 852 g/mol. The van der Waals surface area contributed by atoms with Crippen LogP contribution in [0.5, 0.6) is 0 Å². The maximum absolute atomic E-state index is 2.47. The lowest BCUT2D eigenvalue weighted by Gasteiger charge is -2.31. The van der Waals surface area contributed by atoms with E-state index in [-0.39, 0.29) is 5.41 Å². The van der Waals surface area contributed by atoms with Crippen LogP contribution in [0.15, 0.2) is 255 Å². The molecule has 13 rings (SSSR count). The molecule has 1 nitrogen and oxygen atoms in total. The molecular formula is C66H45N. The van der Waals surface area contributed by atoms with Gasteiger partial charge in [-0.1, -0.05) is 218 Å². The van der Waals surface area contributed by atoms with Crippen LogP contribution in [0.4, 0.5) is 17.1 Å². The first kappa shape index (κ1) is 38.9. The highest BCUT2D eigenvalue weighted by Crippen LogP contribution is 2.54. The zero-order valence-corrected chi connectivity index (χ0v) is 37.2. The molecule has 0 bridgehead atoms. The molecule has 0 saturated carbocycles. The molecule has 1 atom stereocenters. The van der Waals surface area contributed by atoms with Gasteiger partial charge in [0.25, 0.3) is 0 Å². The zero-order valence-electron chi connectivity index (χ0n) is 37.2. The fraction of sp³-hybridized carbons (Fsp3) is 0.0303. The van der Waals surface area contributed by atoms with E-state index < -0.39 is 0 Å². The Kier molecular flexibility index (Phi) is 9.05. The molecule has 1 unspecified atom stereocenters. The van der Waals surface area contributed by atoms with E-state index in [9.17, 15) is 0 Å². The van der Waals surface area contributed by atoms with Crippen molar-refractivity contribution >= 4 is 60.2 Å². The normalized spacial score (nSPS) is 14.1. The molecule has 0 heterocycles. The number of benzene rings is 12. The predicted molar refractivity (Wildman–Crippen MR) is 285 cm³/mol. The van der Waals surface area contributed by atoms with E-state index in [0.29, 0.717) is 0 Å². The Labute approximate surface area is 391 Å². The Morgan fingerprint density at radius 3 is 1.55 bits per heavy atom. The lowest BCUT2D eigenvalue weighted by Crippen LogP contribution is -2.22. The van der Waals surface area contributed by atoms with Crippen molar-refractivity contribution in [1.82, 2.24) is 0 Å². The van der Waals surface area contributed by atoms with Crippen LogP contribution in [0.25, 0.3) is 87.6 Å². The van der Waals surface area contributed by atoms with E-state index in [2.05, 4.69) is 267 Å². The van der Waals surface area contributed by atoms with Crippen LogP contribution in [-0.4, -0.2) is 0 Å². The quantitative estimate of drug-likeness (QED) is 0.144. The van der Waals surface area contributed by atoms with Gasteiger partial charge in [-0.2, -0.15) is 0 Å². The first-order chi connectivity index (χ1) is 33.1. The van der Waals surface area contributed by atoms with Gasteiger partial charge in [0, 0.05) is 22.5 Å². The Morgan fingerprint density at radius 1 is 0.284 bits per heavy atom. The smallest absolute Gasteiger partial charge is 0.0468 e. The van der Waals surface area contributed by atoms with Crippen LogP contribution in [0, 0.1) is 0 Å². The summed E-state index contributed by atoms with van der Waals surface area (Å²) in [5, 5.41) is 10.0. The summed E-state index contributed by atoms with van der Waals surface area (Å²) in [6, 6.07) is 94.2. The molecule has 0 spiro atoms. The van der Waals surface area contributed by atoms with Gasteiger partial charge >= 0.3 is 0 Å². The third kappa shape index (κ3) is 6.16. The van der Waals surface area contributed by atoms with Crippen LogP contribution in [0.3, 0.4) is 0 Å². The summed E-state index contributed by atoms with van der Waals surface area (Å²) < 4.78 is 0. The third-order valence-corrected chi connectivity index (χ3v) is 14.5. The van der Waals surface area contributed by atoms with E-state index in [1.807, 2.05) is 0 Å². The second-order valence-electron chi connectivity index (χ2n) is 18.1. The fourth-order valence-electron chi connectivity index (χ4n) is 11.4. The summed E-state index contributed by atoms with van der Waals surface area (Å²) in [5.41, 5.74) is 16.8. The minimum absolute atomic E-state index is 0.343. The van der Waals surface area contributed by atoms with Crippen molar-refractivity contribution in [2.45, 2.75) is 12.3 Å². The molecule has 12 aromatic rings.